The number of rotatable bonds is 5. The molecule has 0 radical (unpaired) electrons. The van der Waals surface area contributed by atoms with Gasteiger partial charge in [0.1, 0.15) is 0 Å². The van der Waals surface area contributed by atoms with E-state index in [1.54, 1.807) is 20.3 Å². The number of methoxy groups -OCH3 is 2. The summed E-state index contributed by atoms with van der Waals surface area (Å²) in [7, 11) is 3.15. The Morgan fingerprint density at radius 1 is 1.12 bits per heavy atom. The lowest BCUT2D eigenvalue weighted by Gasteiger charge is -2.32. The predicted octanol–water partition coefficient (Wildman–Crippen LogP) is 2.85. The molecule has 1 saturated heterocycles. The van der Waals surface area contributed by atoms with E-state index >= 15 is 0 Å². The number of benzene rings is 1. The van der Waals surface area contributed by atoms with Crippen molar-refractivity contribution in [1.29, 1.82) is 0 Å². The quantitative estimate of drug-likeness (QED) is 0.888. The van der Waals surface area contributed by atoms with E-state index in [1.807, 2.05) is 31.7 Å². The van der Waals surface area contributed by atoms with Crippen molar-refractivity contribution in [2.45, 2.75) is 33.6 Å². The third kappa shape index (κ3) is 4.44. The highest BCUT2D eigenvalue weighted by molar-refractivity contribution is 5.94. The molecule has 1 fully saturated rings. The Balaban J connectivity index is 2.00. The van der Waals surface area contributed by atoms with Crippen molar-refractivity contribution in [1.82, 2.24) is 4.90 Å². The van der Waals surface area contributed by atoms with Crippen LogP contribution in [0, 0.1) is 18.8 Å². The number of hydrogen-bond donors (Lipinski definition) is 1. The Kier molecular flexibility index (Phi) is 6.28. The van der Waals surface area contributed by atoms with Crippen LogP contribution >= 0.6 is 0 Å². The molecule has 1 aromatic carbocycles. The first-order valence-corrected chi connectivity index (χ1v) is 8.69. The Bertz CT molecular complexity index is 635. The summed E-state index contributed by atoms with van der Waals surface area (Å²) in [5.74, 6) is 1.30. The highest BCUT2D eigenvalue weighted by Crippen LogP contribution is 2.33. The summed E-state index contributed by atoms with van der Waals surface area (Å²) in [4.78, 5) is 26.5. The first-order valence-electron chi connectivity index (χ1n) is 8.69. The molecule has 0 unspecified atom stereocenters. The van der Waals surface area contributed by atoms with Crippen LogP contribution in [0.5, 0.6) is 11.5 Å². The van der Waals surface area contributed by atoms with Crippen LogP contribution in [0.15, 0.2) is 12.1 Å². The molecule has 1 N–H and O–H groups in total. The average molecular weight is 348 g/mol. The Morgan fingerprint density at radius 3 is 2.20 bits per heavy atom. The molecule has 2 amide bonds. The molecule has 6 nitrogen and oxygen atoms in total. The van der Waals surface area contributed by atoms with Gasteiger partial charge in [-0.25, -0.2) is 0 Å². The Morgan fingerprint density at radius 2 is 1.68 bits per heavy atom. The number of piperidine rings is 1. The lowest BCUT2D eigenvalue weighted by Crippen LogP contribution is -2.43. The summed E-state index contributed by atoms with van der Waals surface area (Å²) >= 11 is 0. The van der Waals surface area contributed by atoms with Gasteiger partial charge >= 0.3 is 0 Å². The summed E-state index contributed by atoms with van der Waals surface area (Å²) < 4.78 is 10.6. The maximum Gasteiger partial charge on any atom is 0.227 e. The van der Waals surface area contributed by atoms with Gasteiger partial charge in [-0.2, -0.15) is 0 Å². The van der Waals surface area contributed by atoms with Crippen molar-refractivity contribution >= 4 is 17.5 Å². The summed E-state index contributed by atoms with van der Waals surface area (Å²) in [6.07, 6.45) is 1.38. The number of nitrogens with one attached hydrogen (secondary N) is 1. The molecule has 1 aliphatic heterocycles. The number of ether oxygens (including phenoxy) is 2. The summed E-state index contributed by atoms with van der Waals surface area (Å²) in [5, 5.41) is 2.99. The minimum Gasteiger partial charge on any atom is -0.493 e. The normalized spacial score (nSPS) is 15.2. The van der Waals surface area contributed by atoms with Crippen molar-refractivity contribution < 1.29 is 19.1 Å². The fourth-order valence-electron chi connectivity index (χ4n) is 3.08. The van der Waals surface area contributed by atoms with E-state index in [4.69, 9.17) is 9.47 Å². The van der Waals surface area contributed by atoms with E-state index in [2.05, 4.69) is 5.32 Å². The van der Waals surface area contributed by atoms with E-state index in [0.717, 1.165) is 11.3 Å². The molecule has 2 rings (SSSR count). The van der Waals surface area contributed by atoms with Crippen LogP contribution in [0.4, 0.5) is 5.69 Å². The lowest BCUT2D eigenvalue weighted by atomic mass is 9.95. The van der Waals surface area contributed by atoms with Crippen LogP contribution in [-0.4, -0.2) is 44.0 Å². The maximum absolute atomic E-state index is 12.6. The fraction of sp³-hybridized carbons (Fsp3) is 0.579. The minimum absolute atomic E-state index is 0.000194. The summed E-state index contributed by atoms with van der Waals surface area (Å²) in [6.45, 7) is 7.00. The standard InChI is InChI=1S/C19H28N2O4/c1-12(2)19(23)21-8-6-14(7-9-21)18(22)20-15-11-17(25-5)16(24-4)10-13(15)3/h10-12,14H,6-9H2,1-5H3,(H,20,22). The molecule has 0 aliphatic carbocycles. The van der Waals surface area contributed by atoms with Crippen LogP contribution in [0.1, 0.15) is 32.3 Å². The van der Waals surface area contributed by atoms with Gasteiger partial charge in [0.15, 0.2) is 11.5 Å². The van der Waals surface area contributed by atoms with Gasteiger partial charge < -0.3 is 19.7 Å². The second-order valence-electron chi connectivity index (χ2n) is 6.77. The molecule has 0 aromatic heterocycles. The van der Waals surface area contributed by atoms with Gasteiger partial charge in [0.2, 0.25) is 11.8 Å². The number of carbonyl (C=O) groups is 2. The van der Waals surface area contributed by atoms with Gasteiger partial charge in [0, 0.05) is 36.7 Å². The van der Waals surface area contributed by atoms with Crippen LogP contribution in [-0.2, 0) is 9.59 Å². The number of nitrogens with zero attached hydrogens (tertiary/aromatic N) is 1. The zero-order chi connectivity index (χ0) is 18.6. The van der Waals surface area contributed by atoms with Crippen LogP contribution < -0.4 is 14.8 Å². The third-order valence-electron chi connectivity index (χ3n) is 4.66. The van der Waals surface area contributed by atoms with Crippen LogP contribution in [0.2, 0.25) is 0 Å². The number of aryl methyl sites for hydroxylation is 1. The molecule has 1 aromatic rings. The lowest BCUT2D eigenvalue weighted by molar-refractivity contribution is -0.137. The molecule has 1 heterocycles. The molecule has 1 aliphatic rings. The minimum atomic E-state index is -0.0799. The van der Waals surface area contributed by atoms with Gasteiger partial charge in [0.05, 0.1) is 14.2 Å². The third-order valence-corrected chi connectivity index (χ3v) is 4.66. The van der Waals surface area contributed by atoms with Gasteiger partial charge in [-0.1, -0.05) is 13.8 Å². The van der Waals surface area contributed by atoms with E-state index in [9.17, 15) is 9.59 Å². The predicted molar refractivity (Wildman–Crippen MR) is 97.1 cm³/mol. The average Bonchev–Trinajstić information content (AvgIpc) is 2.62. The molecular weight excluding hydrogens is 320 g/mol. The van der Waals surface area contributed by atoms with Crippen molar-refractivity contribution in [3.05, 3.63) is 17.7 Å². The summed E-state index contributed by atoms with van der Waals surface area (Å²) in [6, 6.07) is 3.63. The second-order valence-corrected chi connectivity index (χ2v) is 6.77. The molecule has 6 heteroatoms. The monoisotopic (exact) mass is 348 g/mol. The topological polar surface area (TPSA) is 67.9 Å². The molecule has 0 saturated carbocycles. The van der Waals surface area contributed by atoms with E-state index < -0.39 is 0 Å². The SMILES string of the molecule is COc1cc(C)c(NC(=O)C2CCN(C(=O)C(C)C)CC2)cc1OC. The van der Waals surface area contributed by atoms with Gasteiger partial charge in [-0.15, -0.1) is 0 Å². The number of anilines is 1. The fourth-order valence-corrected chi connectivity index (χ4v) is 3.08. The Labute approximate surface area is 149 Å². The van der Waals surface area contributed by atoms with E-state index in [-0.39, 0.29) is 23.7 Å². The Hall–Kier alpha value is -2.24. The van der Waals surface area contributed by atoms with Crippen LogP contribution in [0.25, 0.3) is 0 Å². The first kappa shape index (κ1) is 19.1. The van der Waals surface area contributed by atoms with Gasteiger partial charge in [-0.3, -0.25) is 9.59 Å². The molecular formula is C19H28N2O4. The number of amides is 2. The largest absolute Gasteiger partial charge is 0.493 e. The molecule has 0 atom stereocenters. The highest BCUT2D eigenvalue weighted by atomic mass is 16.5. The van der Waals surface area contributed by atoms with Crippen LogP contribution in [0.3, 0.4) is 0 Å². The van der Waals surface area contributed by atoms with Gasteiger partial charge in [-0.05, 0) is 31.4 Å². The molecule has 25 heavy (non-hydrogen) atoms. The van der Waals surface area contributed by atoms with Crippen molar-refractivity contribution in [2.75, 3.05) is 32.6 Å². The van der Waals surface area contributed by atoms with Gasteiger partial charge in [0.25, 0.3) is 0 Å². The molecule has 0 bridgehead atoms. The zero-order valence-electron chi connectivity index (χ0n) is 15.7. The second kappa shape index (κ2) is 8.23. The number of hydrogen-bond acceptors (Lipinski definition) is 4. The number of carbonyl (C=O) groups excluding carboxylic acids is 2. The maximum atomic E-state index is 12.6. The smallest absolute Gasteiger partial charge is 0.227 e. The van der Waals surface area contributed by atoms with Crippen molar-refractivity contribution in [2.24, 2.45) is 11.8 Å². The highest BCUT2D eigenvalue weighted by Gasteiger charge is 2.28. The summed E-state index contributed by atoms with van der Waals surface area (Å²) in [5.41, 5.74) is 1.64. The number of likely N-dealkylation sites (tertiary alicyclic amines) is 1. The first-order chi connectivity index (χ1) is 11.9. The van der Waals surface area contributed by atoms with Crippen molar-refractivity contribution in [3.63, 3.8) is 0 Å². The van der Waals surface area contributed by atoms with E-state index in [1.165, 1.54) is 0 Å². The molecule has 0 spiro atoms. The van der Waals surface area contributed by atoms with Crippen molar-refractivity contribution in [3.8, 4) is 11.5 Å². The molecule has 138 valence electrons. The van der Waals surface area contributed by atoms with E-state index in [0.29, 0.717) is 37.4 Å². The zero-order valence-corrected chi connectivity index (χ0v) is 15.7.